The summed E-state index contributed by atoms with van der Waals surface area (Å²) in [6, 6.07) is 17.5. The van der Waals surface area contributed by atoms with Crippen LogP contribution in [0.15, 0.2) is 81.4 Å². The number of anilines is 1. The number of nitrogens with one attached hydrogen (secondary N) is 1. The van der Waals surface area contributed by atoms with Gasteiger partial charge >= 0.3 is 5.69 Å². The van der Waals surface area contributed by atoms with Crippen LogP contribution in [0.25, 0.3) is 11.2 Å². The van der Waals surface area contributed by atoms with E-state index >= 15 is 0 Å². The van der Waals surface area contributed by atoms with Crippen molar-refractivity contribution in [2.24, 2.45) is 19.2 Å². The predicted molar refractivity (Wildman–Crippen MR) is 133 cm³/mol. The Balaban J connectivity index is 1.53. The molecule has 0 saturated carbocycles. The molecule has 0 unspecified atom stereocenters. The SMILES string of the molecule is C=C(C)Cn1c(N/N=C/c2ccc(OCc3ccccc3)cc2)nc2c1c(=O)n(C)c(=O)n2C. The molecular weight excluding hydrogens is 432 g/mol. The van der Waals surface area contributed by atoms with Crippen molar-refractivity contribution in [3.63, 3.8) is 0 Å². The number of hydrogen-bond acceptors (Lipinski definition) is 6. The molecule has 9 heteroatoms. The number of rotatable bonds is 8. The van der Waals surface area contributed by atoms with Crippen LogP contribution in [-0.2, 0) is 27.2 Å². The molecule has 0 aliphatic carbocycles. The van der Waals surface area contributed by atoms with Gasteiger partial charge in [-0.15, -0.1) is 0 Å². The molecule has 2 aromatic carbocycles. The maximum atomic E-state index is 12.8. The lowest BCUT2D eigenvalue weighted by molar-refractivity contribution is 0.306. The van der Waals surface area contributed by atoms with Gasteiger partial charge in [0.15, 0.2) is 11.2 Å². The van der Waals surface area contributed by atoms with E-state index in [0.29, 0.717) is 24.6 Å². The Morgan fingerprint density at radius 1 is 1.09 bits per heavy atom. The molecule has 9 nitrogen and oxygen atoms in total. The number of nitrogens with zero attached hydrogens (tertiary/aromatic N) is 5. The number of imidazole rings is 1. The topological polar surface area (TPSA) is 95.4 Å². The van der Waals surface area contributed by atoms with E-state index in [4.69, 9.17) is 4.74 Å². The van der Waals surface area contributed by atoms with Crippen molar-refractivity contribution in [3.8, 4) is 5.75 Å². The second-order valence-electron chi connectivity index (χ2n) is 8.07. The van der Waals surface area contributed by atoms with Gasteiger partial charge in [0.05, 0.1) is 6.21 Å². The molecule has 2 aromatic heterocycles. The number of allylic oxidation sites excluding steroid dienone is 1. The van der Waals surface area contributed by atoms with Gasteiger partial charge in [-0.3, -0.25) is 18.5 Å². The minimum Gasteiger partial charge on any atom is -0.489 e. The number of benzene rings is 2. The fourth-order valence-electron chi connectivity index (χ4n) is 3.51. The van der Waals surface area contributed by atoms with E-state index in [2.05, 4.69) is 22.1 Å². The Morgan fingerprint density at radius 3 is 2.47 bits per heavy atom. The minimum absolute atomic E-state index is 0.284. The van der Waals surface area contributed by atoms with Gasteiger partial charge in [-0.25, -0.2) is 10.2 Å². The quantitative estimate of drug-likeness (QED) is 0.249. The number of aromatic nitrogens is 4. The highest BCUT2D eigenvalue weighted by Crippen LogP contribution is 2.17. The van der Waals surface area contributed by atoms with Gasteiger partial charge in [-0.05, 0) is 42.3 Å². The molecule has 174 valence electrons. The molecular formula is C25H26N6O3. The van der Waals surface area contributed by atoms with Crippen LogP contribution >= 0.6 is 0 Å². The second kappa shape index (κ2) is 9.62. The van der Waals surface area contributed by atoms with Gasteiger partial charge in [-0.2, -0.15) is 10.1 Å². The van der Waals surface area contributed by atoms with Crippen molar-refractivity contribution < 1.29 is 4.74 Å². The van der Waals surface area contributed by atoms with Crippen molar-refractivity contribution in [1.82, 2.24) is 18.7 Å². The molecule has 0 saturated heterocycles. The van der Waals surface area contributed by atoms with Crippen LogP contribution < -0.4 is 21.4 Å². The van der Waals surface area contributed by atoms with Crippen molar-refractivity contribution in [3.05, 3.63) is 98.7 Å². The third-order valence-corrected chi connectivity index (χ3v) is 5.28. The summed E-state index contributed by atoms with van der Waals surface area (Å²) in [7, 11) is 3.03. The predicted octanol–water partition coefficient (Wildman–Crippen LogP) is 3.03. The van der Waals surface area contributed by atoms with Crippen molar-refractivity contribution in [1.29, 1.82) is 0 Å². The van der Waals surface area contributed by atoms with Gasteiger partial charge < -0.3 is 4.74 Å². The number of ether oxygens (including phenoxy) is 1. The fraction of sp³-hybridized carbons (Fsp3) is 0.200. The average molecular weight is 459 g/mol. The van der Waals surface area contributed by atoms with E-state index in [9.17, 15) is 9.59 Å². The first-order valence-electron chi connectivity index (χ1n) is 10.7. The minimum atomic E-state index is -0.443. The van der Waals surface area contributed by atoms with E-state index in [1.807, 2.05) is 61.5 Å². The maximum absolute atomic E-state index is 12.8. The Hall–Kier alpha value is -4.40. The highest BCUT2D eigenvalue weighted by molar-refractivity contribution is 5.80. The molecule has 34 heavy (non-hydrogen) atoms. The summed E-state index contributed by atoms with van der Waals surface area (Å²) in [4.78, 5) is 29.5. The lowest BCUT2D eigenvalue weighted by Gasteiger charge is -2.08. The van der Waals surface area contributed by atoms with Crippen LogP contribution in [0.4, 0.5) is 5.95 Å². The van der Waals surface area contributed by atoms with E-state index in [-0.39, 0.29) is 5.65 Å². The third kappa shape index (κ3) is 4.68. The average Bonchev–Trinajstić information content (AvgIpc) is 3.19. The second-order valence-corrected chi connectivity index (χ2v) is 8.07. The van der Waals surface area contributed by atoms with Crippen molar-refractivity contribution in [2.75, 3.05) is 5.43 Å². The van der Waals surface area contributed by atoms with Crippen LogP contribution in [0.5, 0.6) is 5.75 Å². The summed E-state index contributed by atoms with van der Waals surface area (Å²) in [6.45, 7) is 6.64. The smallest absolute Gasteiger partial charge is 0.332 e. The van der Waals surface area contributed by atoms with Crippen LogP contribution in [0, 0.1) is 0 Å². The van der Waals surface area contributed by atoms with Crippen LogP contribution in [-0.4, -0.2) is 24.9 Å². The van der Waals surface area contributed by atoms with Gasteiger partial charge in [0.2, 0.25) is 5.95 Å². The zero-order valence-electron chi connectivity index (χ0n) is 19.4. The van der Waals surface area contributed by atoms with Crippen molar-refractivity contribution in [2.45, 2.75) is 20.1 Å². The molecule has 0 amide bonds. The molecule has 0 fully saturated rings. The van der Waals surface area contributed by atoms with Gasteiger partial charge in [-0.1, -0.05) is 42.5 Å². The Bertz CT molecular complexity index is 1480. The summed E-state index contributed by atoms with van der Waals surface area (Å²) < 4.78 is 9.89. The Labute approximate surface area is 196 Å². The number of hydrazone groups is 1. The van der Waals surface area contributed by atoms with E-state index in [1.54, 1.807) is 17.8 Å². The van der Waals surface area contributed by atoms with Crippen LogP contribution in [0.1, 0.15) is 18.1 Å². The fourth-order valence-corrected chi connectivity index (χ4v) is 3.51. The van der Waals surface area contributed by atoms with Crippen molar-refractivity contribution >= 4 is 23.3 Å². The molecule has 2 heterocycles. The van der Waals surface area contributed by atoms with E-state index in [0.717, 1.165) is 27.0 Å². The number of aryl methyl sites for hydroxylation is 1. The summed E-state index contributed by atoms with van der Waals surface area (Å²) in [5.41, 5.74) is 5.41. The molecule has 4 rings (SSSR count). The van der Waals surface area contributed by atoms with Gasteiger partial charge in [0.1, 0.15) is 12.4 Å². The first-order valence-corrected chi connectivity index (χ1v) is 10.7. The molecule has 4 aromatic rings. The van der Waals surface area contributed by atoms with Gasteiger partial charge in [0, 0.05) is 20.6 Å². The third-order valence-electron chi connectivity index (χ3n) is 5.28. The van der Waals surface area contributed by atoms with Gasteiger partial charge in [0.25, 0.3) is 5.56 Å². The first-order chi connectivity index (χ1) is 16.3. The molecule has 0 spiro atoms. The largest absolute Gasteiger partial charge is 0.489 e. The van der Waals surface area contributed by atoms with Crippen LogP contribution in [0.3, 0.4) is 0 Å². The monoisotopic (exact) mass is 458 g/mol. The molecule has 0 aliphatic heterocycles. The molecule has 0 atom stereocenters. The Morgan fingerprint density at radius 2 is 1.79 bits per heavy atom. The Kier molecular flexibility index (Phi) is 6.44. The summed E-state index contributed by atoms with van der Waals surface area (Å²) in [6.07, 6.45) is 1.64. The summed E-state index contributed by atoms with van der Waals surface area (Å²) in [5, 5.41) is 4.28. The summed E-state index contributed by atoms with van der Waals surface area (Å²) in [5.74, 6) is 1.10. The lowest BCUT2D eigenvalue weighted by Crippen LogP contribution is -2.37. The maximum Gasteiger partial charge on any atom is 0.332 e. The zero-order chi connectivity index (χ0) is 24.2. The molecule has 1 N–H and O–H groups in total. The first kappa shape index (κ1) is 22.8. The highest BCUT2D eigenvalue weighted by Gasteiger charge is 2.18. The molecule has 0 radical (unpaired) electrons. The summed E-state index contributed by atoms with van der Waals surface area (Å²) >= 11 is 0. The standard InChI is InChI=1S/C25H26N6O3/c1-17(2)15-31-21-22(29(3)25(33)30(4)23(21)32)27-24(31)28-26-14-18-10-12-20(13-11-18)34-16-19-8-6-5-7-9-19/h5-14H,1,15-16H2,2-4H3,(H,27,28)/b26-14+. The zero-order valence-corrected chi connectivity index (χ0v) is 19.4. The molecule has 0 aliphatic rings. The highest BCUT2D eigenvalue weighted by atomic mass is 16.5. The van der Waals surface area contributed by atoms with E-state index < -0.39 is 11.2 Å². The molecule has 0 bridgehead atoms. The normalized spacial score (nSPS) is 11.3. The number of fused-ring (bicyclic) bond motifs is 1. The van der Waals surface area contributed by atoms with E-state index in [1.165, 1.54) is 11.6 Å². The van der Waals surface area contributed by atoms with Crippen LogP contribution in [0.2, 0.25) is 0 Å². The lowest BCUT2D eigenvalue weighted by atomic mass is 10.2. The number of hydrogen-bond donors (Lipinski definition) is 1.